The van der Waals surface area contributed by atoms with Gasteiger partial charge >= 0.3 is 0 Å². The Morgan fingerprint density at radius 2 is 2.30 bits per heavy atom. The minimum atomic E-state index is -0.379. The number of ether oxygens (including phenoxy) is 1. The number of nitrogens with zero attached hydrogens (tertiary/aromatic N) is 1. The Labute approximate surface area is 117 Å². The van der Waals surface area contributed by atoms with Gasteiger partial charge in [0.25, 0.3) is 0 Å². The topological polar surface area (TPSA) is 49.8 Å². The fourth-order valence-corrected chi connectivity index (χ4v) is 5.36. The molecular formula is C16H17NO3. The van der Waals surface area contributed by atoms with Crippen molar-refractivity contribution in [2.24, 2.45) is 5.92 Å². The number of carbonyl (C=O) groups excluding carboxylic acids is 1. The van der Waals surface area contributed by atoms with Gasteiger partial charge in [0.1, 0.15) is 0 Å². The van der Waals surface area contributed by atoms with Gasteiger partial charge in [-0.3, -0.25) is 4.79 Å². The first-order valence-corrected chi connectivity index (χ1v) is 7.38. The van der Waals surface area contributed by atoms with E-state index in [-0.39, 0.29) is 23.1 Å². The lowest BCUT2D eigenvalue weighted by atomic mass is 9.57. The third-order valence-corrected chi connectivity index (χ3v) is 6.02. The van der Waals surface area contributed by atoms with Gasteiger partial charge in [-0.15, -0.1) is 0 Å². The Morgan fingerprint density at radius 1 is 1.45 bits per heavy atom. The summed E-state index contributed by atoms with van der Waals surface area (Å²) in [5.74, 6) is 1.47. The van der Waals surface area contributed by atoms with Crippen LogP contribution < -0.4 is 4.74 Å². The fraction of sp³-hybridized carbons (Fsp3) is 0.562. The zero-order valence-electron chi connectivity index (χ0n) is 11.4. The molecule has 2 heterocycles. The first kappa shape index (κ1) is 11.1. The van der Waals surface area contributed by atoms with Gasteiger partial charge in [0, 0.05) is 24.6 Å². The van der Waals surface area contributed by atoms with E-state index in [1.165, 1.54) is 5.56 Å². The van der Waals surface area contributed by atoms with Crippen LogP contribution in [0.5, 0.6) is 11.5 Å². The number of Topliss-reactive ketones (excluding diaryl/α,β-unsaturated/α-hetero) is 1. The average Bonchev–Trinajstić information content (AvgIpc) is 2.87. The monoisotopic (exact) mass is 271 g/mol. The van der Waals surface area contributed by atoms with Gasteiger partial charge in [0.05, 0.1) is 5.41 Å². The lowest BCUT2D eigenvalue weighted by Gasteiger charge is -2.43. The molecule has 20 heavy (non-hydrogen) atoms. The van der Waals surface area contributed by atoms with E-state index >= 15 is 0 Å². The number of likely N-dealkylation sites (tertiary alicyclic amines) is 1. The number of carbonyl (C=O) groups is 1. The largest absolute Gasteiger partial charge is 0.504 e. The van der Waals surface area contributed by atoms with Crippen molar-refractivity contribution in [3.63, 3.8) is 0 Å². The number of phenols is 1. The van der Waals surface area contributed by atoms with Gasteiger partial charge in [0.2, 0.25) is 0 Å². The highest BCUT2D eigenvalue weighted by molar-refractivity contribution is 5.89. The second kappa shape index (κ2) is 3.19. The van der Waals surface area contributed by atoms with Crippen molar-refractivity contribution >= 4 is 5.78 Å². The molecule has 1 aromatic rings. The molecule has 2 fully saturated rings. The standard InChI is InChI=1S/C16H17NO3/c1-17-7-16-9-3-5-12(19)15(16)20-14-11(18)4-2-8(13(14)16)6-10(9)17/h2,4,9-10,15,18H,3,5-7H2,1H3/t9?,10-,15+,16?/m0/s1. The summed E-state index contributed by atoms with van der Waals surface area (Å²) in [6, 6.07) is 4.24. The minimum absolute atomic E-state index is 0.187. The number of ketones is 1. The van der Waals surface area contributed by atoms with Crippen LogP contribution in [0.1, 0.15) is 24.0 Å². The lowest BCUT2D eigenvalue weighted by Crippen LogP contribution is -2.55. The molecule has 0 radical (unpaired) electrons. The quantitative estimate of drug-likeness (QED) is 0.771. The first-order chi connectivity index (χ1) is 9.63. The molecule has 1 saturated carbocycles. The molecule has 1 aromatic carbocycles. The van der Waals surface area contributed by atoms with Gasteiger partial charge < -0.3 is 14.7 Å². The van der Waals surface area contributed by atoms with Gasteiger partial charge in [-0.2, -0.15) is 0 Å². The molecule has 4 aliphatic rings. The lowest BCUT2D eigenvalue weighted by molar-refractivity contribution is -0.131. The van der Waals surface area contributed by atoms with Gasteiger partial charge in [-0.1, -0.05) is 6.07 Å². The van der Waals surface area contributed by atoms with Gasteiger partial charge in [-0.25, -0.2) is 0 Å². The maximum absolute atomic E-state index is 12.4. The Hall–Kier alpha value is -1.55. The van der Waals surface area contributed by atoms with Crippen molar-refractivity contribution in [1.82, 2.24) is 4.90 Å². The highest BCUT2D eigenvalue weighted by Crippen LogP contribution is 2.62. The van der Waals surface area contributed by atoms with Gasteiger partial charge in [0.15, 0.2) is 23.4 Å². The van der Waals surface area contributed by atoms with Crippen LogP contribution in [0.25, 0.3) is 0 Å². The van der Waals surface area contributed by atoms with E-state index in [1.54, 1.807) is 6.07 Å². The molecule has 2 unspecified atom stereocenters. The summed E-state index contributed by atoms with van der Waals surface area (Å²) in [4.78, 5) is 14.8. The van der Waals surface area contributed by atoms with Crippen molar-refractivity contribution in [1.29, 1.82) is 0 Å². The summed E-state index contributed by atoms with van der Waals surface area (Å²) in [6.45, 7) is 0.877. The third-order valence-electron chi connectivity index (χ3n) is 6.02. The third kappa shape index (κ3) is 0.975. The van der Waals surface area contributed by atoms with Crippen LogP contribution in [-0.2, 0) is 16.6 Å². The number of rotatable bonds is 0. The number of hydrogen-bond acceptors (Lipinski definition) is 4. The predicted octanol–water partition coefficient (Wildman–Crippen LogP) is 1.24. The van der Waals surface area contributed by atoms with E-state index in [4.69, 9.17) is 4.74 Å². The Kier molecular flexibility index (Phi) is 1.78. The Morgan fingerprint density at radius 3 is 3.15 bits per heavy atom. The maximum Gasteiger partial charge on any atom is 0.174 e. The summed E-state index contributed by atoms with van der Waals surface area (Å²) in [7, 11) is 2.16. The second-order valence-electron chi connectivity index (χ2n) is 6.78. The first-order valence-electron chi connectivity index (χ1n) is 7.38. The number of hydrogen-bond donors (Lipinski definition) is 1. The number of benzene rings is 1. The molecule has 0 aromatic heterocycles. The molecule has 4 heteroatoms. The SMILES string of the molecule is CN1CC23c4c5ccc(O)c4O[C@@H]2C(=O)CCC3[C@@H]1C5. The number of likely N-dealkylation sites (N-methyl/N-ethyl adjacent to an activating group) is 1. The van der Waals surface area contributed by atoms with E-state index in [2.05, 4.69) is 11.9 Å². The van der Waals surface area contributed by atoms with Crippen molar-refractivity contribution in [3.8, 4) is 11.5 Å². The van der Waals surface area contributed by atoms with Crippen LogP contribution >= 0.6 is 0 Å². The Bertz CT molecular complexity index is 655. The van der Waals surface area contributed by atoms with Crippen molar-refractivity contribution in [3.05, 3.63) is 23.3 Å². The van der Waals surface area contributed by atoms with E-state index in [1.807, 2.05) is 6.07 Å². The average molecular weight is 271 g/mol. The predicted molar refractivity (Wildman–Crippen MR) is 72.1 cm³/mol. The molecule has 2 aliphatic heterocycles. The fourth-order valence-electron chi connectivity index (χ4n) is 5.36. The molecule has 5 rings (SSSR count). The molecule has 2 bridgehead atoms. The zero-order valence-corrected chi connectivity index (χ0v) is 11.4. The zero-order chi connectivity index (χ0) is 13.6. The molecular weight excluding hydrogens is 254 g/mol. The van der Waals surface area contributed by atoms with Gasteiger partial charge in [-0.05, 0) is 37.4 Å². The molecule has 4 atom stereocenters. The summed E-state index contributed by atoms with van der Waals surface area (Å²) in [5.41, 5.74) is 2.21. The van der Waals surface area contributed by atoms with E-state index in [0.717, 1.165) is 24.9 Å². The minimum Gasteiger partial charge on any atom is -0.504 e. The van der Waals surface area contributed by atoms with E-state index in [0.29, 0.717) is 24.1 Å². The number of phenolic OH excluding ortho intramolecular Hbond substituents is 1. The van der Waals surface area contributed by atoms with E-state index < -0.39 is 0 Å². The smallest absolute Gasteiger partial charge is 0.174 e. The van der Waals surface area contributed by atoms with E-state index in [9.17, 15) is 9.90 Å². The molecule has 104 valence electrons. The summed E-state index contributed by atoms with van der Waals surface area (Å²) < 4.78 is 5.99. The molecule has 0 amide bonds. The second-order valence-corrected chi connectivity index (χ2v) is 6.78. The molecule has 1 spiro atoms. The van der Waals surface area contributed by atoms with Crippen molar-refractivity contribution in [2.75, 3.05) is 13.6 Å². The number of aromatic hydroxyl groups is 1. The molecule has 2 aliphatic carbocycles. The van der Waals surface area contributed by atoms with Crippen LogP contribution in [0.2, 0.25) is 0 Å². The Balaban J connectivity index is 1.86. The van der Waals surface area contributed by atoms with Crippen LogP contribution in [0.3, 0.4) is 0 Å². The maximum atomic E-state index is 12.4. The molecule has 1 saturated heterocycles. The highest BCUT2D eigenvalue weighted by atomic mass is 16.5. The summed E-state index contributed by atoms with van der Waals surface area (Å²) >= 11 is 0. The van der Waals surface area contributed by atoms with Crippen molar-refractivity contribution in [2.45, 2.75) is 36.8 Å². The van der Waals surface area contributed by atoms with Crippen LogP contribution in [0.4, 0.5) is 0 Å². The van der Waals surface area contributed by atoms with Crippen LogP contribution in [0, 0.1) is 5.92 Å². The van der Waals surface area contributed by atoms with Crippen molar-refractivity contribution < 1.29 is 14.6 Å². The summed E-state index contributed by atoms with van der Waals surface area (Å²) in [5, 5.41) is 10.1. The highest BCUT2D eigenvalue weighted by Gasteiger charge is 2.67. The summed E-state index contributed by atoms with van der Waals surface area (Å²) in [6.07, 6.45) is 2.21. The van der Waals surface area contributed by atoms with Crippen LogP contribution in [-0.4, -0.2) is 41.5 Å². The van der Waals surface area contributed by atoms with Crippen LogP contribution in [0.15, 0.2) is 12.1 Å². The normalized spacial score (nSPS) is 40.6. The molecule has 1 N–H and O–H groups in total. The molecule has 4 nitrogen and oxygen atoms in total.